The Morgan fingerprint density at radius 1 is 1.27 bits per heavy atom. The Bertz CT molecular complexity index is 828. The van der Waals surface area contributed by atoms with Crippen LogP contribution in [0.1, 0.15) is 10.4 Å². The topological polar surface area (TPSA) is 112 Å². The Balaban J connectivity index is 1.87. The van der Waals surface area contributed by atoms with Crippen LogP contribution in [0.5, 0.6) is 0 Å². The molecule has 22 heavy (non-hydrogen) atoms. The molecule has 8 nitrogen and oxygen atoms in total. The predicted octanol–water partition coefficient (Wildman–Crippen LogP) is 3.20. The molecule has 9 heteroatoms. The SMILES string of the molecule is O=Cc1cc([N+](=O)[O-])ccc1Sc1nnc(-c2ccco2)o1. The zero-order chi connectivity index (χ0) is 15.5. The molecule has 0 aliphatic carbocycles. The van der Waals surface area contributed by atoms with Crippen LogP contribution < -0.4 is 0 Å². The lowest BCUT2D eigenvalue weighted by molar-refractivity contribution is -0.384. The van der Waals surface area contributed by atoms with Gasteiger partial charge in [-0.3, -0.25) is 14.9 Å². The van der Waals surface area contributed by atoms with Crippen molar-refractivity contribution >= 4 is 23.7 Å². The summed E-state index contributed by atoms with van der Waals surface area (Å²) in [7, 11) is 0. The average molecular weight is 317 g/mol. The van der Waals surface area contributed by atoms with Gasteiger partial charge in [-0.2, -0.15) is 0 Å². The third kappa shape index (κ3) is 2.74. The van der Waals surface area contributed by atoms with E-state index in [1.165, 1.54) is 24.5 Å². The van der Waals surface area contributed by atoms with Gasteiger partial charge in [0.25, 0.3) is 16.8 Å². The Hall–Kier alpha value is -2.94. The second kappa shape index (κ2) is 5.82. The number of carbonyl (C=O) groups is 1. The molecule has 0 atom stereocenters. The van der Waals surface area contributed by atoms with Gasteiger partial charge in [0.2, 0.25) is 0 Å². The normalized spacial score (nSPS) is 10.5. The number of non-ortho nitro benzene ring substituents is 1. The molecule has 2 aromatic heterocycles. The molecule has 0 fully saturated rings. The van der Waals surface area contributed by atoms with E-state index in [1.54, 1.807) is 12.1 Å². The highest BCUT2D eigenvalue weighted by Crippen LogP contribution is 2.32. The van der Waals surface area contributed by atoms with E-state index in [1.807, 2.05) is 0 Å². The van der Waals surface area contributed by atoms with E-state index < -0.39 is 4.92 Å². The van der Waals surface area contributed by atoms with E-state index in [2.05, 4.69) is 10.2 Å². The molecule has 0 amide bonds. The van der Waals surface area contributed by atoms with Gasteiger partial charge in [-0.05, 0) is 30.0 Å². The molecule has 3 aromatic rings. The summed E-state index contributed by atoms with van der Waals surface area (Å²) in [5.74, 6) is 0.640. The molecule has 1 aromatic carbocycles. The standard InChI is InChI=1S/C13H7N3O5S/c17-7-8-6-9(16(18)19)3-4-11(8)22-13-15-14-12(21-13)10-2-1-5-20-10/h1-7H. The summed E-state index contributed by atoms with van der Waals surface area (Å²) in [6.45, 7) is 0. The number of nitro groups is 1. The minimum Gasteiger partial charge on any atom is -0.459 e. The molecule has 0 saturated heterocycles. The maximum atomic E-state index is 11.1. The first-order chi connectivity index (χ1) is 10.7. The number of nitro benzene ring substituents is 1. The number of nitrogens with zero attached hydrogens (tertiary/aromatic N) is 3. The molecule has 0 aliphatic rings. The number of benzene rings is 1. The Morgan fingerprint density at radius 3 is 2.82 bits per heavy atom. The van der Waals surface area contributed by atoms with E-state index in [4.69, 9.17) is 8.83 Å². The summed E-state index contributed by atoms with van der Waals surface area (Å²) in [4.78, 5) is 21.7. The quantitative estimate of drug-likeness (QED) is 0.400. The van der Waals surface area contributed by atoms with Gasteiger partial charge in [0.15, 0.2) is 12.0 Å². The number of furan rings is 1. The van der Waals surface area contributed by atoms with Gasteiger partial charge in [-0.15, -0.1) is 10.2 Å². The molecule has 0 bridgehead atoms. The van der Waals surface area contributed by atoms with Crippen LogP contribution in [-0.2, 0) is 0 Å². The lowest BCUT2D eigenvalue weighted by Crippen LogP contribution is -1.92. The number of aromatic nitrogens is 2. The molecular weight excluding hydrogens is 310 g/mol. The van der Waals surface area contributed by atoms with E-state index in [-0.39, 0.29) is 22.4 Å². The van der Waals surface area contributed by atoms with Gasteiger partial charge in [-0.1, -0.05) is 0 Å². The molecule has 2 heterocycles. The van der Waals surface area contributed by atoms with Crippen molar-refractivity contribution in [2.75, 3.05) is 0 Å². The van der Waals surface area contributed by atoms with Crippen molar-refractivity contribution < 1.29 is 18.6 Å². The molecule has 0 spiro atoms. The van der Waals surface area contributed by atoms with Gasteiger partial charge in [-0.25, -0.2) is 0 Å². The first-order valence-electron chi connectivity index (χ1n) is 5.96. The lowest BCUT2D eigenvalue weighted by Gasteiger charge is -2.00. The fourth-order valence-corrected chi connectivity index (χ4v) is 2.43. The van der Waals surface area contributed by atoms with Crippen LogP contribution in [0.15, 0.2) is 55.5 Å². The summed E-state index contributed by atoms with van der Waals surface area (Å²) in [5.41, 5.74) is 0.0187. The highest BCUT2D eigenvalue weighted by atomic mass is 32.2. The highest BCUT2D eigenvalue weighted by Gasteiger charge is 2.16. The Labute approximate surface area is 127 Å². The van der Waals surface area contributed by atoms with Gasteiger partial charge in [0.1, 0.15) is 0 Å². The van der Waals surface area contributed by atoms with Crippen molar-refractivity contribution in [2.24, 2.45) is 0 Å². The van der Waals surface area contributed by atoms with Crippen LogP contribution >= 0.6 is 11.8 Å². The number of aldehydes is 1. The fraction of sp³-hybridized carbons (Fsp3) is 0. The van der Waals surface area contributed by atoms with Crippen LogP contribution in [0.4, 0.5) is 5.69 Å². The zero-order valence-corrected chi connectivity index (χ0v) is 11.6. The van der Waals surface area contributed by atoms with E-state index >= 15 is 0 Å². The molecule has 0 N–H and O–H groups in total. The van der Waals surface area contributed by atoms with E-state index in [0.29, 0.717) is 16.9 Å². The van der Waals surface area contributed by atoms with Crippen LogP contribution in [0, 0.1) is 10.1 Å². The van der Waals surface area contributed by atoms with Gasteiger partial charge < -0.3 is 8.83 Å². The van der Waals surface area contributed by atoms with E-state index in [0.717, 1.165) is 11.8 Å². The van der Waals surface area contributed by atoms with Crippen LogP contribution in [-0.4, -0.2) is 21.4 Å². The van der Waals surface area contributed by atoms with Crippen LogP contribution in [0.2, 0.25) is 0 Å². The number of rotatable bonds is 5. The summed E-state index contributed by atoms with van der Waals surface area (Å²) in [5, 5.41) is 18.6. The third-order valence-electron chi connectivity index (χ3n) is 2.67. The van der Waals surface area contributed by atoms with Gasteiger partial charge in [0, 0.05) is 22.6 Å². The van der Waals surface area contributed by atoms with Crippen LogP contribution in [0.3, 0.4) is 0 Å². The third-order valence-corrected chi connectivity index (χ3v) is 3.60. The Morgan fingerprint density at radius 2 is 2.14 bits per heavy atom. The summed E-state index contributed by atoms with van der Waals surface area (Å²) < 4.78 is 10.5. The largest absolute Gasteiger partial charge is 0.459 e. The first-order valence-corrected chi connectivity index (χ1v) is 6.78. The highest BCUT2D eigenvalue weighted by molar-refractivity contribution is 7.99. The van der Waals surface area contributed by atoms with Crippen molar-refractivity contribution in [3.05, 3.63) is 52.3 Å². The summed E-state index contributed by atoms with van der Waals surface area (Å²) in [6.07, 6.45) is 2.02. The molecule has 3 rings (SSSR count). The molecular formula is C13H7N3O5S. The van der Waals surface area contributed by atoms with E-state index in [9.17, 15) is 14.9 Å². The maximum Gasteiger partial charge on any atom is 0.284 e. The number of hydrogen-bond acceptors (Lipinski definition) is 8. The smallest absolute Gasteiger partial charge is 0.284 e. The summed E-state index contributed by atoms with van der Waals surface area (Å²) >= 11 is 1.04. The van der Waals surface area contributed by atoms with Crippen molar-refractivity contribution in [1.29, 1.82) is 0 Å². The minimum absolute atomic E-state index is 0.159. The van der Waals surface area contributed by atoms with Crippen LogP contribution in [0.25, 0.3) is 11.7 Å². The molecule has 0 aliphatic heterocycles. The monoisotopic (exact) mass is 317 g/mol. The lowest BCUT2D eigenvalue weighted by atomic mass is 10.2. The summed E-state index contributed by atoms with van der Waals surface area (Å²) in [6, 6.07) is 7.32. The minimum atomic E-state index is -0.566. The zero-order valence-electron chi connectivity index (χ0n) is 10.8. The maximum absolute atomic E-state index is 11.1. The molecule has 0 saturated carbocycles. The second-order valence-corrected chi connectivity index (χ2v) is 5.04. The second-order valence-electron chi connectivity index (χ2n) is 4.05. The molecule has 0 unspecified atom stereocenters. The first kappa shape index (κ1) is 14.0. The Kier molecular flexibility index (Phi) is 3.71. The van der Waals surface area contributed by atoms with Crippen molar-refractivity contribution in [2.45, 2.75) is 10.1 Å². The van der Waals surface area contributed by atoms with Crippen molar-refractivity contribution in [1.82, 2.24) is 10.2 Å². The molecule has 0 radical (unpaired) electrons. The predicted molar refractivity (Wildman–Crippen MR) is 74.6 cm³/mol. The van der Waals surface area contributed by atoms with Crippen molar-refractivity contribution in [3.63, 3.8) is 0 Å². The number of carbonyl (C=O) groups excluding carboxylic acids is 1. The number of hydrogen-bond donors (Lipinski definition) is 0. The van der Waals surface area contributed by atoms with Gasteiger partial charge in [0.05, 0.1) is 11.2 Å². The van der Waals surface area contributed by atoms with Crippen molar-refractivity contribution in [3.8, 4) is 11.7 Å². The van der Waals surface area contributed by atoms with Gasteiger partial charge >= 0.3 is 0 Å². The fourth-order valence-electron chi connectivity index (χ4n) is 1.68. The molecule has 110 valence electrons. The average Bonchev–Trinajstić information content (AvgIpc) is 3.18.